The van der Waals surface area contributed by atoms with Crippen LogP contribution in [0.4, 0.5) is 4.79 Å². The molecule has 1 amide bonds. The van der Waals surface area contributed by atoms with Gasteiger partial charge in [-0.25, -0.2) is 4.79 Å². The normalized spacial score (nSPS) is 40.3. The molecule has 4 rings (SSSR count). The Hall–Kier alpha value is -1.78. The zero-order chi connectivity index (χ0) is 21.9. The molecular weight excluding hydrogens is 378 g/mol. The lowest BCUT2D eigenvalue weighted by atomic mass is 9.47. The Bertz CT molecular complexity index is 806. The molecule has 5 nitrogen and oxygen atoms in total. The van der Waals surface area contributed by atoms with Crippen LogP contribution in [0.25, 0.3) is 0 Å². The molecule has 0 heterocycles. The maximum absolute atomic E-state index is 12.7. The minimum atomic E-state index is -1.34. The van der Waals surface area contributed by atoms with Crippen molar-refractivity contribution in [3.63, 3.8) is 0 Å². The number of carbonyl (C=O) groups excluding carboxylic acids is 1. The van der Waals surface area contributed by atoms with Gasteiger partial charge in [0.15, 0.2) is 5.76 Å². The Kier molecular flexibility index (Phi) is 5.10. The summed E-state index contributed by atoms with van der Waals surface area (Å²) in [6, 6.07) is 0. The lowest BCUT2D eigenvalue weighted by Gasteiger charge is -2.58. The molecular formula is C25H37NO4. The molecule has 6 atom stereocenters. The Balaban J connectivity index is 1.68. The molecule has 0 spiro atoms. The molecule has 4 aliphatic rings. The van der Waals surface area contributed by atoms with Crippen LogP contribution in [0.15, 0.2) is 23.6 Å². The van der Waals surface area contributed by atoms with E-state index >= 15 is 0 Å². The van der Waals surface area contributed by atoms with Crippen LogP contribution in [0.3, 0.4) is 0 Å². The van der Waals surface area contributed by atoms with E-state index in [4.69, 9.17) is 4.74 Å². The van der Waals surface area contributed by atoms with E-state index in [1.54, 1.807) is 0 Å². The molecule has 3 fully saturated rings. The molecule has 0 bridgehead atoms. The molecule has 166 valence electrons. The molecule has 0 aliphatic heterocycles. The van der Waals surface area contributed by atoms with E-state index in [2.05, 4.69) is 25.2 Å². The van der Waals surface area contributed by atoms with Crippen molar-refractivity contribution < 1.29 is 19.4 Å². The first-order valence-corrected chi connectivity index (χ1v) is 11.6. The Labute approximate surface area is 180 Å². The number of amides is 1. The Morgan fingerprint density at radius 2 is 1.83 bits per heavy atom. The van der Waals surface area contributed by atoms with E-state index in [0.717, 1.165) is 18.3 Å². The Morgan fingerprint density at radius 3 is 2.50 bits per heavy atom. The highest BCUT2D eigenvalue weighted by atomic mass is 16.7. The van der Waals surface area contributed by atoms with E-state index < -0.39 is 11.6 Å². The van der Waals surface area contributed by atoms with Gasteiger partial charge in [-0.05, 0) is 79.1 Å². The summed E-state index contributed by atoms with van der Waals surface area (Å²) in [6.45, 7) is 10.4. The van der Waals surface area contributed by atoms with Gasteiger partial charge in [0.1, 0.15) is 0 Å². The summed E-state index contributed by atoms with van der Waals surface area (Å²) in [5.41, 5.74) is 0.368. The van der Waals surface area contributed by atoms with Gasteiger partial charge in [0.2, 0.25) is 5.91 Å². The van der Waals surface area contributed by atoms with Crippen LogP contribution in [0.5, 0.6) is 0 Å². The predicted molar refractivity (Wildman–Crippen MR) is 115 cm³/mol. The molecule has 2 N–H and O–H groups in total. The SMILES string of the molecule is CC(C)(C)C(=O)NC1=C[C@]2(C)C3CC[C@]4(C)CCCC4C3CC[C@H]2C=C1OC(=O)O. The van der Waals surface area contributed by atoms with E-state index in [-0.39, 0.29) is 23.0 Å². The summed E-state index contributed by atoms with van der Waals surface area (Å²) in [7, 11) is 0. The maximum Gasteiger partial charge on any atom is 0.511 e. The number of carbonyl (C=O) groups is 2. The quantitative estimate of drug-likeness (QED) is 0.553. The molecule has 4 aliphatic carbocycles. The molecule has 0 saturated heterocycles. The van der Waals surface area contributed by atoms with E-state index in [1.165, 1.54) is 38.5 Å². The zero-order valence-electron chi connectivity index (χ0n) is 19.1. The highest BCUT2D eigenvalue weighted by molar-refractivity contribution is 5.83. The average Bonchev–Trinajstić information content (AvgIpc) is 3.03. The molecule has 5 heteroatoms. The van der Waals surface area contributed by atoms with Crippen molar-refractivity contribution in [2.75, 3.05) is 0 Å². The van der Waals surface area contributed by atoms with Gasteiger partial charge in [-0.2, -0.15) is 0 Å². The number of fused-ring (bicyclic) bond motifs is 5. The third-order valence-electron chi connectivity index (χ3n) is 8.83. The van der Waals surface area contributed by atoms with Gasteiger partial charge in [0, 0.05) is 5.41 Å². The minimum absolute atomic E-state index is 0.0846. The number of hydrogen-bond acceptors (Lipinski definition) is 3. The zero-order valence-corrected chi connectivity index (χ0v) is 19.1. The number of carboxylic acid groups (broad SMARTS) is 1. The number of ether oxygens (including phenoxy) is 1. The molecule has 30 heavy (non-hydrogen) atoms. The number of nitrogens with one attached hydrogen (secondary N) is 1. The summed E-state index contributed by atoms with van der Waals surface area (Å²) in [5, 5.41) is 12.2. The van der Waals surface area contributed by atoms with Crippen molar-refractivity contribution in [1.29, 1.82) is 0 Å². The first kappa shape index (κ1) is 21.5. The number of allylic oxidation sites excluding steroid dienone is 2. The fraction of sp³-hybridized carbons (Fsp3) is 0.760. The summed E-state index contributed by atoms with van der Waals surface area (Å²) < 4.78 is 5.13. The largest absolute Gasteiger partial charge is 0.511 e. The van der Waals surface area contributed by atoms with Crippen molar-refractivity contribution in [3.05, 3.63) is 23.6 Å². The van der Waals surface area contributed by atoms with Gasteiger partial charge in [-0.1, -0.05) is 47.1 Å². The van der Waals surface area contributed by atoms with Crippen molar-refractivity contribution >= 4 is 12.1 Å². The second-order valence-electron chi connectivity index (χ2n) is 11.7. The lowest BCUT2D eigenvalue weighted by molar-refractivity contribution is -0.127. The van der Waals surface area contributed by atoms with Crippen LogP contribution in [0, 0.1) is 39.9 Å². The average molecular weight is 416 g/mol. The topological polar surface area (TPSA) is 75.6 Å². The van der Waals surface area contributed by atoms with E-state index in [1.807, 2.05) is 26.8 Å². The van der Waals surface area contributed by atoms with Gasteiger partial charge in [-0.15, -0.1) is 0 Å². The third-order valence-corrected chi connectivity index (χ3v) is 8.83. The van der Waals surface area contributed by atoms with E-state index in [9.17, 15) is 14.7 Å². The monoisotopic (exact) mass is 415 g/mol. The van der Waals surface area contributed by atoms with Crippen molar-refractivity contribution in [2.24, 2.45) is 39.9 Å². The third kappa shape index (κ3) is 3.48. The van der Waals surface area contributed by atoms with Gasteiger partial charge in [-0.3, -0.25) is 4.79 Å². The second kappa shape index (κ2) is 7.13. The number of hydrogen-bond donors (Lipinski definition) is 2. The summed E-state index contributed by atoms with van der Waals surface area (Å²) in [6.07, 6.45) is 11.6. The van der Waals surface area contributed by atoms with Crippen LogP contribution >= 0.6 is 0 Å². The van der Waals surface area contributed by atoms with Crippen LogP contribution < -0.4 is 5.32 Å². The smallest absolute Gasteiger partial charge is 0.449 e. The Morgan fingerprint density at radius 1 is 1.10 bits per heavy atom. The van der Waals surface area contributed by atoms with Crippen molar-refractivity contribution in [3.8, 4) is 0 Å². The van der Waals surface area contributed by atoms with Gasteiger partial charge in [0.05, 0.1) is 5.70 Å². The summed E-state index contributed by atoms with van der Waals surface area (Å²) >= 11 is 0. The summed E-state index contributed by atoms with van der Waals surface area (Å²) in [5.74, 6) is 2.48. The minimum Gasteiger partial charge on any atom is -0.449 e. The molecule has 3 unspecified atom stereocenters. The maximum atomic E-state index is 12.7. The number of rotatable bonds is 2. The molecule has 3 saturated carbocycles. The fourth-order valence-corrected chi connectivity index (χ4v) is 7.14. The van der Waals surface area contributed by atoms with Gasteiger partial charge >= 0.3 is 6.16 Å². The predicted octanol–water partition coefficient (Wildman–Crippen LogP) is 5.87. The summed E-state index contributed by atoms with van der Waals surface area (Å²) in [4.78, 5) is 24.0. The van der Waals surface area contributed by atoms with Crippen molar-refractivity contribution in [1.82, 2.24) is 5.32 Å². The fourth-order valence-electron chi connectivity index (χ4n) is 7.14. The van der Waals surface area contributed by atoms with Crippen LogP contribution in [-0.4, -0.2) is 17.2 Å². The van der Waals surface area contributed by atoms with Crippen LogP contribution in [-0.2, 0) is 9.53 Å². The molecule has 0 aromatic heterocycles. The molecule has 0 aromatic rings. The van der Waals surface area contributed by atoms with Crippen molar-refractivity contribution in [2.45, 2.75) is 79.6 Å². The van der Waals surface area contributed by atoms with E-state index in [0.29, 0.717) is 17.0 Å². The first-order chi connectivity index (χ1) is 13.9. The van der Waals surface area contributed by atoms with Crippen LogP contribution in [0.1, 0.15) is 79.6 Å². The van der Waals surface area contributed by atoms with Gasteiger partial charge < -0.3 is 15.2 Å². The molecule has 0 aromatic carbocycles. The highest BCUT2D eigenvalue weighted by Gasteiger charge is 2.57. The van der Waals surface area contributed by atoms with Gasteiger partial charge in [0.25, 0.3) is 0 Å². The second-order valence-corrected chi connectivity index (χ2v) is 11.7. The molecule has 0 radical (unpaired) electrons. The standard InChI is InChI=1S/C25H37NO4/c1-23(2,3)21(27)26-19-14-25(5)15(13-20(19)30-22(28)29)8-9-16-17-7-6-11-24(17,4)12-10-18(16)25/h13-18H,6-12H2,1-5H3,(H,26,27)(H,28,29)/t15-,16?,17?,18?,24-,25-/m0/s1. The highest BCUT2D eigenvalue weighted by Crippen LogP contribution is 2.65. The lowest BCUT2D eigenvalue weighted by Crippen LogP contribution is -2.51. The first-order valence-electron chi connectivity index (χ1n) is 11.6. The van der Waals surface area contributed by atoms with Crippen LogP contribution in [0.2, 0.25) is 0 Å².